The normalized spacial score (nSPS) is 14.4. The van der Waals surface area contributed by atoms with Crippen LogP contribution >= 0.6 is 0 Å². The van der Waals surface area contributed by atoms with Crippen molar-refractivity contribution in [2.24, 2.45) is 0 Å². The predicted molar refractivity (Wildman–Crippen MR) is 141 cm³/mol. The fourth-order valence-electron chi connectivity index (χ4n) is 4.21. The van der Waals surface area contributed by atoms with E-state index in [4.69, 9.17) is 0 Å². The van der Waals surface area contributed by atoms with Gasteiger partial charge in [0.25, 0.3) is 5.91 Å². The van der Waals surface area contributed by atoms with Crippen molar-refractivity contribution in [3.8, 4) is 11.8 Å². The van der Waals surface area contributed by atoms with Crippen LogP contribution in [0.2, 0.25) is 0 Å². The van der Waals surface area contributed by atoms with Gasteiger partial charge in [-0.15, -0.1) is 0 Å². The minimum atomic E-state index is -4.60. The third kappa shape index (κ3) is 7.50. The number of benzene rings is 1. The van der Waals surface area contributed by atoms with Crippen molar-refractivity contribution in [3.05, 3.63) is 88.4 Å². The molecule has 1 saturated heterocycles. The molecular formula is C29H28F3N5O2. The largest absolute Gasteiger partial charge is 0.416 e. The van der Waals surface area contributed by atoms with Gasteiger partial charge in [-0.2, -0.15) is 13.2 Å². The van der Waals surface area contributed by atoms with Gasteiger partial charge in [-0.05, 0) is 48.5 Å². The lowest BCUT2D eigenvalue weighted by Gasteiger charge is -2.34. The molecule has 3 aromatic rings. The summed E-state index contributed by atoms with van der Waals surface area (Å²) in [6, 6.07) is 10.1. The number of amides is 1. The summed E-state index contributed by atoms with van der Waals surface area (Å²) in [5.74, 6) is 5.14. The first-order valence-corrected chi connectivity index (χ1v) is 12.5. The maximum absolute atomic E-state index is 13.9. The number of aromatic nitrogens is 2. The van der Waals surface area contributed by atoms with Crippen molar-refractivity contribution in [1.29, 1.82) is 0 Å². The van der Waals surface area contributed by atoms with Gasteiger partial charge in [-0.3, -0.25) is 19.5 Å². The van der Waals surface area contributed by atoms with E-state index in [1.165, 1.54) is 37.5 Å². The maximum Gasteiger partial charge on any atom is 0.416 e. The molecule has 4 rings (SSSR count). The van der Waals surface area contributed by atoms with Crippen LogP contribution in [0.25, 0.3) is 0 Å². The Hall–Kier alpha value is -4.07. The summed E-state index contributed by atoms with van der Waals surface area (Å²) in [5, 5.41) is 2.56. The first-order valence-electron chi connectivity index (χ1n) is 12.5. The Bertz CT molecular complexity index is 1400. The van der Waals surface area contributed by atoms with E-state index in [0.29, 0.717) is 29.9 Å². The summed E-state index contributed by atoms with van der Waals surface area (Å²) in [6.45, 7) is 7.60. The maximum atomic E-state index is 13.9. The van der Waals surface area contributed by atoms with Crippen LogP contribution < -0.4 is 5.32 Å². The van der Waals surface area contributed by atoms with Gasteiger partial charge in [0.15, 0.2) is 5.78 Å². The van der Waals surface area contributed by atoms with Crippen molar-refractivity contribution in [2.45, 2.75) is 26.6 Å². The number of carbonyl (C=O) groups excluding carboxylic acids is 2. The number of piperazine rings is 1. The van der Waals surface area contributed by atoms with Gasteiger partial charge in [-0.1, -0.05) is 24.8 Å². The Kier molecular flexibility index (Phi) is 8.74. The number of alkyl halides is 3. The van der Waals surface area contributed by atoms with Crippen molar-refractivity contribution < 1.29 is 22.8 Å². The highest BCUT2D eigenvalue weighted by atomic mass is 19.4. The lowest BCUT2D eigenvalue weighted by atomic mass is 10.0. The van der Waals surface area contributed by atoms with Crippen molar-refractivity contribution in [2.75, 3.05) is 38.0 Å². The Labute approximate surface area is 225 Å². The molecule has 2 aromatic heterocycles. The molecule has 0 aliphatic carbocycles. The smallest absolute Gasteiger partial charge is 0.307 e. The van der Waals surface area contributed by atoms with Crippen molar-refractivity contribution >= 4 is 17.5 Å². The van der Waals surface area contributed by atoms with Gasteiger partial charge in [-0.25, -0.2) is 4.98 Å². The zero-order valence-electron chi connectivity index (χ0n) is 21.7. The molecule has 1 amide bonds. The molecule has 0 unspecified atom stereocenters. The molecule has 202 valence electrons. The van der Waals surface area contributed by atoms with E-state index in [2.05, 4.69) is 38.9 Å². The van der Waals surface area contributed by atoms with E-state index >= 15 is 0 Å². The topological polar surface area (TPSA) is 78.4 Å². The number of likely N-dealkylation sites (N-methyl/N-ethyl adjacent to an activating group) is 1. The number of Topliss-reactive ketones (excluding diaryl/α,β-unsaturated/α-hetero) is 1. The highest BCUT2D eigenvalue weighted by Crippen LogP contribution is 2.33. The van der Waals surface area contributed by atoms with Crippen LogP contribution in [0.4, 0.5) is 19.0 Å². The van der Waals surface area contributed by atoms with E-state index in [1.807, 2.05) is 4.90 Å². The molecule has 1 aliphatic rings. The quantitative estimate of drug-likeness (QED) is 0.370. The van der Waals surface area contributed by atoms with E-state index in [9.17, 15) is 22.8 Å². The molecule has 0 spiro atoms. The Morgan fingerprint density at radius 2 is 1.67 bits per heavy atom. The average molecular weight is 536 g/mol. The molecule has 0 atom stereocenters. The number of anilines is 1. The fourth-order valence-corrected chi connectivity index (χ4v) is 4.21. The highest BCUT2D eigenvalue weighted by molar-refractivity contribution is 6.04. The number of hydrogen-bond acceptors (Lipinski definition) is 6. The molecule has 7 nitrogen and oxygen atoms in total. The molecule has 1 aliphatic heterocycles. The molecule has 1 N–H and O–H groups in total. The summed E-state index contributed by atoms with van der Waals surface area (Å²) < 4.78 is 41.8. The summed E-state index contributed by atoms with van der Waals surface area (Å²) in [5.41, 5.74) is 0.679. The van der Waals surface area contributed by atoms with Crippen molar-refractivity contribution in [1.82, 2.24) is 19.8 Å². The third-order valence-electron chi connectivity index (χ3n) is 6.46. The molecule has 0 radical (unpaired) electrons. The molecule has 1 fully saturated rings. The molecular weight excluding hydrogens is 507 g/mol. The summed E-state index contributed by atoms with van der Waals surface area (Å²) >= 11 is 0. The number of nitrogens with one attached hydrogen (secondary N) is 1. The first-order chi connectivity index (χ1) is 18.6. The van der Waals surface area contributed by atoms with Gasteiger partial charge in [0, 0.05) is 68.7 Å². The van der Waals surface area contributed by atoms with Gasteiger partial charge >= 0.3 is 6.18 Å². The lowest BCUT2D eigenvalue weighted by molar-refractivity contribution is -0.138. The van der Waals surface area contributed by atoms with Crippen LogP contribution in [0.3, 0.4) is 0 Å². The second kappa shape index (κ2) is 12.2. The van der Waals surface area contributed by atoms with Gasteiger partial charge in [0.05, 0.1) is 5.56 Å². The number of pyridine rings is 2. The standard InChI is InChI=1S/C29H28F3N5O2/c1-3-36-12-14-37(15-13-36)19-24-8-7-23(17-25(24)29(30,31)32)28(39)35-27-16-21(10-11-33-27)4-5-22-6-9-26(20(2)38)34-18-22/h6-11,16-18H,3,12-15,19H2,1-2H3,(H,33,35,39). The molecule has 1 aromatic carbocycles. The molecule has 0 bridgehead atoms. The second-order valence-corrected chi connectivity index (χ2v) is 9.20. The van der Waals surface area contributed by atoms with E-state index < -0.39 is 17.6 Å². The van der Waals surface area contributed by atoms with Crippen LogP contribution in [0.15, 0.2) is 54.9 Å². The Morgan fingerprint density at radius 1 is 0.949 bits per heavy atom. The zero-order chi connectivity index (χ0) is 28.0. The van der Waals surface area contributed by atoms with Crippen LogP contribution in [-0.4, -0.2) is 64.2 Å². The van der Waals surface area contributed by atoms with Gasteiger partial charge < -0.3 is 10.2 Å². The first kappa shape index (κ1) is 28.0. The van der Waals surface area contributed by atoms with Crippen molar-refractivity contribution in [3.63, 3.8) is 0 Å². The number of ketones is 1. The van der Waals surface area contributed by atoms with Crippen LogP contribution in [0.5, 0.6) is 0 Å². The molecule has 3 heterocycles. The third-order valence-corrected chi connectivity index (χ3v) is 6.46. The number of rotatable bonds is 6. The van der Waals surface area contributed by atoms with Crippen LogP contribution in [-0.2, 0) is 12.7 Å². The van der Waals surface area contributed by atoms with E-state index in [-0.39, 0.29) is 29.3 Å². The Morgan fingerprint density at radius 3 is 2.31 bits per heavy atom. The average Bonchev–Trinajstić information content (AvgIpc) is 2.92. The monoisotopic (exact) mass is 535 g/mol. The second-order valence-electron chi connectivity index (χ2n) is 9.20. The molecule has 10 heteroatoms. The number of hydrogen-bond donors (Lipinski definition) is 1. The zero-order valence-corrected chi connectivity index (χ0v) is 21.7. The number of carbonyl (C=O) groups is 2. The molecule has 39 heavy (non-hydrogen) atoms. The lowest BCUT2D eigenvalue weighted by Crippen LogP contribution is -2.45. The minimum absolute atomic E-state index is 0.114. The fraction of sp³-hybridized carbons (Fsp3) is 0.310. The SMILES string of the molecule is CCN1CCN(Cc2ccc(C(=O)Nc3cc(C#Cc4ccc(C(C)=O)nc4)ccn3)cc2C(F)(F)F)CC1. The van der Waals surface area contributed by atoms with Crippen LogP contribution in [0.1, 0.15) is 56.9 Å². The Balaban J connectivity index is 1.47. The predicted octanol–water partition coefficient (Wildman–Crippen LogP) is 4.49. The molecule has 0 saturated carbocycles. The van der Waals surface area contributed by atoms with E-state index in [0.717, 1.165) is 25.7 Å². The summed E-state index contributed by atoms with van der Waals surface area (Å²) in [7, 11) is 0. The van der Waals surface area contributed by atoms with Gasteiger partial charge in [0.1, 0.15) is 11.5 Å². The minimum Gasteiger partial charge on any atom is -0.307 e. The number of halogens is 3. The summed E-state index contributed by atoms with van der Waals surface area (Å²) in [6.07, 6.45) is -1.66. The van der Waals surface area contributed by atoms with Gasteiger partial charge in [0.2, 0.25) is 0 Å². The van der Waals surface area contributed by atoms with E-state index in [1.54, 1.807) is 18.2 Å². The number of nitrogens with zero attached hydrogens (tertiary/aromatic N) is 4. The van der Waals surface area contributed by atoms with Crippen LogP contribution in [0, 0.1) is 11.8 Å². The highest BCUT2D eigenvalue weighted by Gasteiger charge is 2.34. The summed E-state index contributed by atoms with van der Waals surface area (Å²) in [4.78, 5) is 36.6.